The largest absolute Gasteiger partial charge is 0.382 e. The van der Waals surface area contributed by atoms with Gasteiger partial charge >= 0.3 is 0 Å². The maximum absolute atomic E-state index is 12.6. The number of imide groups is 1. The number of hydroxylamine groups is 2. The van der Waals surface area contributed by atoms with Crippen molar-refractivity contribution < 1.29 is 14.4 Å². The molecule has 2 N–H and O–H groups in total. The number of nitrogens with two attached hydrogens (primary N) is 1. The number of amides is 2. The second-order valence-electron chi connectivity index (χ2n) is 7.97. The van der Waals surface area contributed by atoms with Crippen molar-refractivity contribution in [2.75, 3.05) is 5.73 Å². The minimum Gasteiger partial charge on any atom is -0.382 e. The van der Waals surface area contributed by atoms with Gasteiger partial charge in [0.05, 0.1) is 16.6 Å². The van der Waals surface area contributed by atoms with E-state index in [1.807, 2.05) is 10.6 Å². The summed E-state index contributed by atoms with van der Waals surface area (Å²) in [6.07, 6.45) is 1.70. The van der Waals surface area contributed by atoms with Crippen LogP contribution in [0.5, 0.6) is 0 Å². The second kappa shape index (κ2) is 7.64. The van der Waals surface area contributed by atoms with Crippen LogP contribution in [0.3, 0.4) is 0 Å². The van der Waals surface area contributed by atoms with Crippen molar-refractivity contribution in [2.45, 2.75) is 27.0 Å². The van der Waals surface area contributed by atoms with Crippen LogP contribution in [0.1, 0.15) is 40.4 Å². The number of pyridine rings is 2. The van der Waals surface area contributed by atoms with E-state index in [9.17, 15) is 9.59 Å². The van der Waals surface area contributed by atoms with Crippen molar-refractivity contribution in [1.82, 2.24) is 24.6 Å². The second-order valence-corrected chi connectivity index (χ2v) is 8.89. The third kappa shape index (κ3) is 3.23. The molecule has 0 saturated carbocycles. The van der Waals surface area contributed by atoms with Gasteiger partial charge in [-0.25, -0.2) is 9.97 Å². The first-order chi connectivity index (χ1) is 15.3. The first kappa shape index (κ1) is 20.5. The van der Waals surface area contributed by atoms with Gasteiger partial charge in [0.15, 0.2) is 5.82 Å². The third-order valence-electron chi connectivity index (χ3n) is 5.22. The zero-order chi connectivity index (χ0) is 22.6. The first-order valence-electron chi connectivity index (χ1n) is 10.1. The van der Waals surface area contributed by atoms with Gasteiger partial charge in [0.2, 0.25) is 0 Å². The zero-order valence-corrected chi connectivity index (χ0v) is 19.0. The number of aromatic nitrogens is 4. The third-order valence-corrected chi connectivity index (χ3v) is 5.65. The number of fused-ring (bicyclic) bond motifs is 4. The van der Waals surface area contributed by atoms with E-state index in [1.54, 1.807) is 30.5 Å². The molecule has 0 spiro atoms. The Hall–Kier alpha value is -3.37. The standard InChI is InChI=1S/C22H19BrN6O3/c1-11(2)9-28-16(10-32-29-21(30)13-5-3-4-6-14(13)22(29)31)27-18-19(28)17-15(26-20(18)24)7-12(23)8-25-17/h3-8,11H,9-10H2,1-2H3,(H2,24,26). The van der Waals surface area contributed by atoms with Gasteiger partial charge in [-0.15, -0.1) is 5.06 Å². The fraction of sp³-hybridized carbons (Fsp3) is 0.227. The van der Waals surface area contributed by atoms with Crippen LogP contribution in [0.4, 0.5) is 5.82 Å². The smallest absolute Gasteiger partial charge is 0.285 e. The number of hydrogen-bond acceptors (Lipinski definition) is 7. The Labute approximate surface area is 191 Å². The van der Waals surface area contributed by atoms with E-state index in [0.29, 0.717) is 40.0 Å². The summed E-state index contributed by atoms with van der Waals surface area (Å²) in [7, 11) is 0. The number of imidazole rings is 1. The predicted molar refractivity (Wildman–Crippen MR) is 122 cm³/mol. The number of nitrogens with zero attached hydrogens (tertiary/aromatic N) is 5. The van der Waals surface area contributed by atoms with Crippen LogP contribution in [0.25, 0.3) is 22.1 Å². The van der Waals surface area contributed by atoms with Crippen LogP contribution in [-0.4, -0.2) is 36.4 Å². The molecule has 4 heterocycles. The van der Waals surface area contributed by atoms with Crippen LogP contribution in [-0.2, 0) is 18.0 Å². The summed E-state index contributed by atoms with van der Waals surface area (Å²) in [5, 5.41) is 0.790. The van der Waals surface area contributed by atoms with Crippen LogP contribution in [0.2, 0.25) is 0 Å². The van der Waals surface area contributed by atoms with E-state index < -0.39 is 11.8 Å². The highest BCUT2D eigenvalue weighted by atomic mass is 79.9. The highest BCUT2D eigenvalue weighted by Gasteiger charge is 2.37. The van der Waals surface area contributed by atoms with Crippen molar-refractivity contribution in [2.24, 2.45) is 5.92 Å². The van der Waals surface area contributed by atoms with E-state index in [4.69, 9.17) is 10.6 Å². The normalized spacial score (nSPS) is 13.7. The van der Waals surface area contributed by atoms with E-state index >= 15 is 0 Å². The lowest BCUT2D eigenvalue weighted by molar-refractivity contribution is -0.103. The fourth-order valence-electron chi connectivity index (χ4n) is 3.88. The van der Waals surface area contributed by atoms with E-state index in [-0.39, 0.29) is 18.3 Å². The fourth-order valence-corrected chi connectivity index (χ4v) is 4.19. The van der Waals surface area contributed by atoms with Gasteiger partial charge in [-0.05, 0) is 40.0 Å². The average Bonchev–Trinajstić information content (AvgIpc) is 3.22. The van der Waals surface area contributed by atoms with Gasteiger partial charge in [-0.3, -0.25) is 19.4 Å². The molecule has 0 unspecified atom stereocenters. The quantitative estimate of drug-likeness (QED) is 0.420. The summed E-state index contributed by atoms with van der Waals surface area (Å²) in [6, 6.07) is 8.48. The Morgan fingerprint density at radius 3 is 2.44 bits per heavy atom. The molecule has 32 heavy (non-hydrogen) atoms. The molecule has 162 valence electrons. The van der Waals surface area contributed by atoms with E-state index in [0.717, 1.165) is 15.1 Å². The number of carbonyl (C=O) groups excluding carboxylic acids is 2. The monoisotopic (exact) mass is 494 g/mol. The average molecular weight is 495 g/mol. The van der Waals surface area contributed by atoms with Gasteiger partial charge in [0, 0.05) is 17.2 Å². The first-order valence-corrected chi connectivity index (χ1v) is 10.8. The molecule has 10 heteroatoms. The molecule has 0 atom stereocenters. The maximum atomic E-state index is 12.6. The van der Waals surface area contributed by atoms with Gasteiger partial charge in [-0.2, -0.15) is 0 Å². The Balaban J connectivity index is 1.57. The predicted octanol–water partition coefficient (Wildman–Crippen LogP) is 3.71. The molecule has 9 nitrogen and oxygen atoms in total. The maximum Gasteiger partial charge on any atom is 0.285 e. The number of rotatable bonds is 5. The lowest BCUT2D eigenvalue weighted by Crippen LogP contribution is -2.30. The number of benzene rings is 1. The highest BCUT2D eigenvalue weighted by Crippen LogP contribution is 2.30. The number of hydrogen-bond donors (Lipinski definition) is 1. The number of nitrogen functional groups attached to an aromatic ring is 1. The SMILES string of the molecule is CC(C)Cn1c(CON2C(=O)c3ccccc3C2=O)nc2c(N)nc3cc(Br)cnc3c21. The Kier molecular flexibility index (Phi) is 4.90. The van der Waals surface area contributed by atoms with Gasteiger partial charge in [-0.1, -0.05) is 26.0 Å². The molecule has 4 aromatic rings. The topological polar surface area (TPSA) is 116 Å². The van der Waals surface area contributed by atoms with Crippen molar-refractivity contribution in [3.63, 3.8) is 0 Å². The molecule has 5 rings (SSSR count). The molecule has 0 bridgehead atoms. The molecular weight excluding hydrogens is 476 g/mol. The summed E-state index contributed by atoms with van der Waals surface area (Å²) in [4.78, 5) is 44.6. The van der Waals surface area contributed by atoms with Crippen molar-refractivity contribution in [1.29, 1.82) is 0 Å². The van der Waals surface area contributed by atoms with Crippen molar-refractivity contribution >= 4 is 55.6 Å². The van der Waals surface area contributed by atoms with Crippen molar-refractivity contribution in [3.8, 4) is 0 Å². The Bertz CT molecular complexity index is 1380. The van der Waals surface area contributed by atoms with Gasteiger partial charge < -0.3 is 10.3 Å². The summed E-state index contributed by atoms with van der Waals surface area (Å²) in [5.74, 6) is 0.101. The molecule has 0 saturated heterocycles. The minimum atomic E-state index is -0.490. The van der Waals surface area contributed by atoms with Gasteiger partial charge in [0.25, 0.3) is 11.8 Å². The van der Waals surface area contributed by atoms with Crippen LogP contribution in [0, 0.1) is 5.92 Å². The molecule has 0 aliphatic carbocycles. The molecule has 1 aromatic carbocycles. The molecular formula is C22H19BrN6O3. The van der Waals surface area contributed by atoms with Crippen molar-refractivity contribution in [3.05, 3.63) is 58.0 Å². The van der Waals surface area contributed by atoms with E-state index in [1.165, 1.54) is 0 Å². The van der Waals surface area contributed by atoms with Crippen LogP contribution >= 0.6 is 15.9 Å². The molecule has 1 aliphatic heterocycles. The van der Waals surface area contributed by atoms with Crippen LogP contribution in [0.15, 0.2) is 41.0 Å². The summed E-state index contributed by atoms with van der Waals surface area (Å²) < 4.78 is 2.76. The molecule has 1 aliphatic rings. The lowest BCUT2D eigenvalue weighted by atomic mass is 10.1. The molecule has 3 aromatic heterocycles. The summed E-state index contributed by atoms with van der Waals surface area (Å²) >= 11 is 3.42. The highest BCUT2D eigenvalue weighted by molar-refractivity contribution is 9.10. The Morgan fingerprint density at radius 1 is 1.09 bits per heavy atom. The molecule has 2 amide bonds. The number of carbonyl (C=O) groups is 2. The zero-order valence-electron chi connectivity index (χ0n) is 17.4. The number of halogens is 1. The number of anilines is 1. The van der Waals surface area contributed by atoms with Gasteiger partial charge in [0.1, 0.15) is 29.0 Å². The van der Waals surface area contributed by atoms with Crippen LogP contribution < -0.4 is 5.73 Å². The lowest BCUT2D eigenvalue weighted by Gasteiger charge is -2.16. The van der Waals surface area contributed by atoms with E-state index in [2.05, 4.69) is 44.7 Å². The summed E-state index contributed by atoms with van der Waals surface area (Å²) in [6.45, 7) is 4.69. The summed E-state index contributed by atoms with van der Waals surface area (Å²) in [5.41, 5.74) is 9.42. The molecule has 0 fully saturated rings. The minimum absolute atomic E-state index is 0.0929. The Morgan fingerprint density at radius 2 is 1.78 bits per heavy atom. The molecule has 0 radical (unpaired) electrons.